The summed E-state index contributed by atoms with van der Waals surface area (Å²) in [5, 5.41) is 6.91. The molecular weight excluding hydrogens is 300 g/mol. The average Bonchev–Trinajstić information content (AvgIpc) is 3.07. The Morgan fingerprint density at radius 1 is 1.27 bits per heavy atom. The molecule has 1 fully saturated rings. The Labute approximate surface area is 132 Å². The number of hydrogen-bond acceptors (Lipinski definition) is 7. The Balaban J connectivity index is 1.51. The van der Waals surface area contributed by atoms with Gasteiger partial charge in [0, 0.05) is 51.7 Å². The molecule has 8 heteroatoms. The van der Waals surface area contributed by atoms with Crippen LogP contribution in [0.4, 0.5) is 0 Å². The van der Waals surface area contributed by atoms with Crippen molar-refractivity contribution in [2.75, 3.05) is 39.3 Å². The minimum absolute atomic E-state index is 0.0881. The van der Waals surface area contributed by atoms with Gasteiger partial charge in [-0.05, 0) is 6.07 Å². The standard InChI is InChI=1S/C14H18N6OS/c21-13(18-6-9-20-7-4-15-5-8-20)11-10-19-14(22-11)12-16-2-1-3-17-12/h1-3,10,15H,4-9H2,(H,18,21). The first kappa shape index (κ1) is 15.0. The molecule has 0 unspecified atom stereocenters. The van der Waals surface area contributed by atoms with Crippen LogP contribution in [0.3, 0.4) is 0 Å². The molecule has 2 N–H and O–H groups in total. The molecule has 2 aromatic rings. The maximum absolute atomic E-state index is 12.1. The predicted octanol–water partition coefficient (Wildman–Crippen LogP) is 0.235. The number of rotatable bonds is 5. The lowest BCUT2D eigenvalue weighted by Gasteiger charge is -2.26. The minimum atomic E-state index is -0.0881. The van der Waals surface area contributed by atoms with Gasteiger partial charge in [-0.3, -0.25) is 9.69 Å². The molecule has 0 bridgehead atoms. The van der Waals surface area contributed by atoms with Crippen LogP contribution in [-0.2, 0) is 0 Å². The van der Waals surface area contributed by atoms with E-state index in [1.54, 1.807) is 24.7 Å². The van der Waals surface area contributed by atoms with E-state index in [1.807, 2.05) is 0 Å². The molecule has 116 valence electrons. The van der Waals surface area contributed by atoms with Crippen LogP contribution in [0.2, 0.25) is 0 Å². The SMILES string of the molecule is O=C(NCCN1CCNCC1)c1cnc(-c2ncccn2)s1. The number of hydrogen-bond donors (Lipinski definition) is 2. The molecule has 1 aliphatic rings. The van der Waals surface area contributed by atoms with Gasteiger partial charge in [0.2, 0.25) is 0 Å². The lowest BCUT2D eigenvalue weighted by atomic mass is 10.3. The first-order valence-corrected chi connectivity index (χ1v) is 8.09. The van der Waals surface area contributed by atoms with Gasteiger partial charge in [-0.25, -0.2) is 15.0 Å². The number of nitrogens with one attached hydrogen (secondary N) is 2. The van der Waals surface area contributed by atoms with E-state index in [0.29, 0.717) is 22.3 Å². The van der Waals surface area contributed by atoms with E-state index in [1.165, 1.54) is 11.3 Å². The highest BCUT2D eigenvalue weighted by Crippen LogP contribution is 2.21. The molecule has 0 aliphatic carbocycles. The third kappa shape index (κ3) is 3.85. The number of nitrogens with zero attached hydrogens (tertiary/aromatic N) is 4. The van der Waals surface area contributed by atoms with E-state index >= 15 is 0 Å². The van der Waals surface area contributed by atoms with Crippen molar-refractivity contribution in [2.24, 2.45) is 0 Å². The first-order chi connectivity index (χ1) is 10.8. The van der Waals surface area contributed by atoms with E-state index in [-0.39, 0.29) is 5.91 Å². The van der Waals surface area contributed by atoms with Crippen LogP contribution in [0.1, 0.15) is 9.67 Å². The zero-order chi connectivity index (χ0) is 15.2. The molecule has 0 spiro atoms. The fraction of sp³-hybridized carbons (Fsp3) is 0.429. The summed E-state index contributed by atoms with van der Waals surface area (Å²) in [5.74, 6) is 0.460. The van der Waals surface area contributed by atoms with Gasteiger partial charge in [0.15, 0.2) is 10.8 Å². The van der Waals surface area contributed by atoms with Crippen molar-refractivity contribution in [2.45, 2.75) is 0 Å². The Morgan fingerprint density at radius 2 is 2.05 bits per heavy atom. The molecule has 1 aliphatic heterocycles. The second-order valence-electron chi connectivity index (χ2n) is 4.95. The summed E-state index contributed by atoms with van der Waals surface area (Å²) in [6, 6.07) is 1.75. The first-order valence-electron chi connectivity index (χ1n) is 7.27. The number of piperazine rings is 1. The van der Waals surface area contributed by atoms with Gasteiger partial charge in [0.25, 0.3) is 5.91 Å². The van der Waals surface area contributed by atoms with Crippen LogP contribution in [0.15, 0.2) is 24.7 Å². The van der Waals surface area contributed by atoms with Crippen LogP contribution in [0.5, 0.6) is 0 Å². The van der Waals surface area contributed by atoms with Crippen molar-refractivity contribution >= 4 is 17.2 Å². The molecule has 7 nitrogen and oxygen atoms in total. The molecule has 3 heterocycles. The normalized spacial score (nSPS) is 15.6. The third-order valence-corrected chi connectivity index (χ3v) is 4.40. The number of aromatic nitrogens is 3. The third-order valence-electron chi connectivity index (χ3n) is 3.41. The van der Waals surface area contributed by atoms with Gasteiger partial charge in [0.05, 0.1) is 6.20 Å². The summed E-state index contributed by atoms with van der Waals surface area (Å²) < 4.78 is 0. The van der Waals surface area contributed by atoms with Crippen molar-refractivity contribution < 1.29 is 4.79 Å². The summed E-state index contributed by atoms with van der Waals surface area (Å²) in [5.41, 5.74) is 0. The van der Waals surface area contributed by atoms with Gasteiger partial charge < -0.3 is 10.6 Å². The zero-order valence-electron chi connectivity index (χ0n) is 12.2. The molecule has 1 amide bonds. The maximum atomic E-state index is 12.1. The second-order valence-corrected chi connectivity index (χ2v) is 5.98. The number of thiazole rings is 1. The van der Waals surface area contributed by atoms with E-state index in [2.05, 4.69) is 30.5 Å². The topological polar surface area (TPSA) is 83.0 Å². The molecule has 0 radical (unpaired) electrons. The smallest absolute Gasteiger partial charge is 0.263 e. The summed E-state index contributed by atoms with van der Waals surface area (Å²) in [6.07, 6.45) is 4.91. The number of carbonyl (C=O) groups excluding carboxylic acids is 1. The largest absolute Gasteiger partial charge is 0.350 e. The molecule has 1 saturated heterocycles. The van der Waals surface area contributed by atoms with E-state index in [4.69, 9.17) is 0 Å². The van der Waals surface area contributed by atoms with E-state index in [0.717, 1.165) is 32.7 Å². The van der Waals surface area contributed by atoms with Crippen molar-refractivity contribution in [3.8, 4) is 10.8 Å². The highest BCUT2D eigenvalue weighted by Gasteiger charge is 2.14. The van der Waals surface area contributed by atoms with Crippen molar-refractivity contribution in [1.82, 2.24) is 30.5 Å². The molecule has 0 aromatic carbocycles. The number of carbonyl (C=O) groups is 1. The summed E-state index contributed by atoms with van der Waals surface area (Å²) in [6.45, 7) is 5.62. The lowest BCUT2D eigenvalue weighted by molar-refractivity contribution is 0.0951. The zero-order valence-corrected chi connectivity index (χ0v) is 13.0. The molecule has 22 heavy (non-hydrogen) atoms. The summed E-state index contributed by atoms with van der Waals surface area (Å²) >= 11 is 1.31. The van der Waals surface area contributed by atoms with Gasteiger partial charge in [-0.15, -0.1) is 11.3 Å². The van der Waals surface area contributed by atoms with E-state index in [9.17, 15) is 4.79 Å². The van der Waals surface area contributed by atoms with Crippen LogP contribution in [0, 0.1) is 0 Å². The predicted molar refractivity (Wildman–Crippen MR) is 84.8 cm³/mol. The quantitative estimate of drug-likeness (QED) is 0.821. The average molecular weight is 318 g/mol. The van der Waals surface area contributed by atoms with Crippen molar-refractivity contribution in [1.29, 1.82) is 0 Å². The Hall–Kier alpha value is -1.90. The maximum Gasteiger partial charge on any atom is 0.263 e. The Bertz CT molecular complexity index is 611. The highest BCUT2D eigenvalue weighted by atomic mass is 32.1. The molecule has 0 saturated carbocycles. The monoisotopic (exact) mass is 318 g/mol. The highest BCUT2D eigenvalue weighted by molar-refractivity contribution is 7.16. The van der Waals surface area contributed by atoms with Crippen molar-refractivity contribution in [3.05, 3.63) is 29.5 Å². The molecule has 2 aromatic heterocycles. The van der Waals surface area contributed by atoms with Crippen LogP contribution < -0.4 is 10.6 Å². The van der Waals surface area contributed by atoms with Gasteiger partial charge in [0.1, 0.15) is 4.88 Å². The van der Waals surface area contributed by atoms with Crippen LogP contribution >= 0.6 is 11.3 Å². The fourth-order valence-corrected chi connectivity index (χ4v) is 3.02. The minimum Gasteiger partial charge on any atom is -0.350 e. The fourth-order valence-electron chi connectivity index (χ4n) is 2.24. The van der Waals surface area contributed by atoms with Crippen LogP contribution in [0.25, 0.3) is 10.8 Å². The summed E-state index contributed by atoms with van der Waals surface area (Å²) in [7, 11) is 0. The van der Waals surface area contributed by atoms with E-state index < -0.39 is 0 Å². The van der Waals surface area contributed by atoms with Gasteiger partial charge in [-0.2, -0.15) is 0 Å². The molecular formula is C14H18N6OS. The second kappa shape index (κ2) is 7.39. The van der Waals surface area contributed by atoms with Gasteiger partial charge >= 0.3 is 0 Å². The lowest BCUT2D eigenvalue weighted by Crippen LogP contribution is -2.46. The van der Waals surface area contributed by atoms with Crippen molar-refractivity contribution in [3.63, 3.8) is 0 Å². The summed E-state index contributed by atoms with van der Waals surface area (Å²) in [4.78, 5) is 27.5. The Kier molecular flexibility index (Phi) is 5.04. The Morgan fingerprint density at radius 3 is 2.82 bits per heavy atom. The number of amides is 1. The molecule has 0 atom stereocenters. The van der Waals surface area contributed by atoms with Gasteiger partial charge in [-0.1, -0.05) is 0 Å². The van der Waals surface area contributed by atoms with Crippen LogP contribution in [-0.4, -0.2) is 65.0 Å². The molecule has 3 rings (SSSR count).